The van der Waals surface area contributed by atoms with Gasteiger partial charge >= 0.3 is 0 Å². The first-order chi connectivity index (χ1) is 11.5. The normalized spacial score (nSPS) is 10.6. The predicted molar refractivity (Wildman–Crippen MR) is 85.9 cm³/mol. The minimum Gasteiger partial charge on any atom is -0.550 e. The van der Waals surface area contributed by atoms with Crippen molar-refractivity contribution < 1.29 is 18.7 Å². The van der Waals surface area contributed by atoms with Gasteiger partial charge in [-0.1, -0.05) is 12.1 Å². The number of nitrogens with zero attached hydrogens (tertiary/aromatic N) is 1. The molecule has 4 nitrogen and oxygen atoms in total. The third-order valence-electron chi connectivity index (χ3n) is 3.24. The monoisotopic (exact) mass is 345 g/mol. The van der Waals surface area contributed by atoms with E-state index in [-0.39, 0.29) is 12.1 Å². The lowest BCUT2D eigenvalue weighted by Crippen LogP contribution is -2.24. The molecule has 0 saturated carbocycles. The fourth-order valence-electron chi connectivity index (χ4n) is 2.17. The molecule has 1 N–H and O–H groups in total. The van der Waals surface area contributed by atoms with Gasteiger partial charge < -0.3 is 15.2 Å². The molecule has 0 spiro atoms. The first kappa shape index (κ1) is 16.1. The Balaban J connectivity index is 1.98. The maximum atomic E-state index is 13.7. The summed E-state index contributed by atoms with van der Waals surface area (Å²) in [6, 6.07) is 11.6. The number of aliphatic carboxylic acids is 1. The zero-order valence-corrected chi connectivity index (χ0v) is 13.1. The van der Waals surface area contributed by atoms with Crippen LogP contribution < -0.4 is 10.4 Å². The maximum absolute atomic E-state index is 13.7. The van der Waals surface area contributed by atoms with Crippen molar-refractivity contribution >= 4 is 28.1 Å². The first-order valence-corrected chi connectivity index (χ1v) is 7.81. The van der Waals surface area contributed by atoms with Crippen molar-refractivity contribution in [1.29, 1.82) is 0 Å². The third-order valence-corrected chi connectivity index (χ3v) is 4.21. The van der Waals surface area contributed by atoms with Crippen molar-refractivity contribution in [2.24, 2.45) is 0 Å². The molecule has 1 aromatic heterocycles. The van der Waals surface area contributed by atoms with E-state index in [0.29, 0.717) is 21.3 Å². The van der Waals surface area contributed by atoms with E-state index in [1.807, 2.05) is 0 Å². The van der Waals surface area contributed by atoms with Crippen molar-refractivity contribution in [2.75, 3.05) is 5.32 Å². The van der Waals surface area contributed by atoms with E-state index in [4.69, 9.17) is 0 Å². The highest BCUT2D eigenvalue weighted by Crippen LogP contribution is 2.33. The molecular formula is C17H11F2N2O2S-. The van der Waals surface area contributed by atoms with Gasteiger partial charge in [-0.3, -0.25) is 0 Å². The molecule has 0 aliphatic rings. The van der Waals surface area contributed by atoms with Crippen LogP contribution in [0.15, 0.2) is 48.5 Å². The number of hydrogen-bond acceptors (Lipinski definition) is 5. The summed E-state index contributed by atoms with van der Waals surface area (Å²) in [4.78, 5) is 15.7. The summed E-state index contributed by atoms with van der Waals surface area (Å²) >= 11 is 1.09. The first-order valence-electron chi connectivity index (χ1n) is 7.00. The van der Waals surface area contributed by atoms with Gasteiger partial charge in [0.15, 0.2) is 5.13 Å². The van der Waals surface area contributed by atoms with E-state index in [1.54, 1.807) is 18.2 Å². The third kappa shape index (κ3) is 3.57. The Kier molecular flexibility index (Phi) is 4.52. The van der Waals surface area contributed by atoms with Crippen LogP contribution in [-0.2, 0) is 11.2 Å². The molecule has 0 aliphatic carbocycles. The van der Waals surface area contributed by atoms with E-state index in [1.165, 1.54) is 30.3 Å². The Morgan fingerprint density at radius 3 is 2.50 bits per heavy atom. The summed E-state index contributed by atoms with van der Waals surface area (Å²) in [7, 11) is 0. The van der Waals surface area contributed by atoms with Gasteiger partial charge in [-0.15, -0.1) is 11.3 Å². The Morgan fingerprint density at radius 1 is 1.12 bits per heavy atom. The van der Waals surface area contributed by atoms with Gasteiger partial charge in [0.2, 0.25) is 0 Å². The number of anilines is 2. The van der Waals surface area contributed by atoms with Gasteiger partial charge in [0.25, 0.3) is 0 Å². The lowest BCUT2D eigenvalue weighted by Gasteiger charge is -2.03. The highest BCUT2D eigenvalue weighted by Gasteiger charge is 2.14. The topological polar surface area (TPSA) is 65.0 Å². The number of rotatable bonds is 5. The van der Waals surface area contributed by atoms with Crippen molar-refractivity contribution in [2.45, 2.75) is 6.42 Å². The predicted octanol–water partition coefficient (Wildman–Crippen LogP) is 3.12. The molecule has 24 heavy (non-hydrogen) atoms. The molecule has 0 atom stereocenters. The number of hydrogen-bond donors (Lipinski definition) is 1. The summed E-state index contributed by atoms with van der Waals surface area (Å²) in [5, 5.41) is 14.1. The molecule has 2 aromatic carbocycles. The number of carbonyl (C=O) groups is 1. The van der Waals surface area contributed by atoms with E-state index >= 15 is 0 Å². The average molecular weight is 345 g/mol. The maximum Gasteiger partial charge on any atom is 0.188 e. The number of thiazole rings is 1. The van der Waals surface area contributed by atoms with E-state index in [9.17, 15) is 18.7 Å². The molecule has 0 aliphatic heterocycles. The van der Waals surface area contributed by atoms with Crippen LogP contribution in [-0.4, -0.2) is 11.0 Å². The second-order valence-electron chi connectivity index (χ2n) is 4.95. The minimum absolute atomic E-state index is 0.233. The van der Waals surface area contributed by atoms with Gasteiger partial charge in [-0.2, -0.15) is 0 Å². The molecule has 0 fully saturated rings. The molecule has 1 heterocycles. The zero-order chi connectivity index (χ0) is 17.1. The quantitative estimate of drug-likeness (QED) is 0.772. The van der Waals surface area contributed by atoms with E-state index < -0.39 is 17.6 Å². The Labute approximate surface area is 140 Å². The smallest absolute Gasteiger partial charge is 0.188 e. The van der Waals surface area contributed by atoms with Crippen LogP contribution in [0.5, 0.6) is 0 Å². The summed E-state index contributed by atoms with van der Waals surface area (Å²) < 4.78 is 26.8. The van der Waals surface area contributed by atoms with Gasteiger partial charge in [0, 0.05) is 22.8 Å². The zero-order valence-electron chi connectivity index (χ0n) is 12.3. The molecule has 0 saturated heterocycles. The standard InChI is InChI=1S/C17H12F2N2O2S/c18-11-7-5-10(6-8-11)16-14(9-15(22)23)24-17(21-16)20-13-4-2-1-3-12(13)19/h1-8H,9H2,(H,20,21)(H,22,23)/p-1. The molecular weight excluding hydrogens is 334 g/mol. The van der Waals surface area contributed by atoms with Crippen molar-refractivity contribution in [3.05, 3.63) is 65.0 Å². The Hall–Kier alpha value is -2.80. The molecule has 0 amide bonds. The number of halogens is 2. The molecule has 0 bridgehead atoms. The van der Waals surface area contributed by atoms with E-state index in [2.05, 4.69) is 10.3 Å². The SMILES string of the molecule is O=C([O-])Cc1sc(Nc2ccccc2F)nc1-c1ccc(F)cc1. The van der Waals surface area contributed by atoms with Gasteiger partial charge in [-0.25, -0.2) is 13.8 Å². The molecule has 0 radical (unpaired) electrons. The largest absolute Gasteiger partial charge is 0.550 e. The molecule has 0 unspecified atom stereocenters. The molecule has 3 rings (SSSR count). The van der Waals surface area contributed by atoms with Crippen LogP contribution >= 0.6 is 11.3 Å². The molecule has 3 aromatic rings. The fourth-order valence-corrected chi connectivity index (χ4v) is 3.15. The van der Waals surface area contributed by atoms with Crippen molar-refractivity contribution in [3.8, 4) is 11.3 Å². The average Bonchev–Trinajstić information content (AvgIpc) is 2.92. The van der Waals surface area contributed by atoms with Crippen molar-refractivity contribution in [1.82, 2.24) is 4.98 Å². The summed E-state index contributed by atoms with van der Waals surface area (Å²) in [5.74, 6) is -2.10. The number of carbonyl (C=O) groups excluding carboxylic acids is 1. The number of nitrogens with one attached hydrogen (secondary N) is 1. The second-order valence-corrected chi connectivity index (χ2v) is 6.03. The number of carboxylic acids is 1. The van der Waals surface area contributed by atoms with Crippen molar-refractivity contribution in [3.63, 3.8) is 0 Å². The molecule has 7 heteroatoms. The van der Waals surface area contributed by atoms with Crippen LogP contribution in [0.3, 0.4) is 0 Å². The van der Waals surface area contributed by atoms with Crippen LogP contribution in [0.4, 0.5) is 19.6 Å². The number of carboxylic acid groups (broad SMARTS) is 1. The van der Waals surface area contributed by atoms with Crippen LogP contribution in [0, 0.1) is 11.6 Å². The minimum atomic E-state index is -1.25. The second kappa shape index (κ2) is 6.76. The highest BCUT2D eigenvalue weighted by atomic mass is 32.1. The van der Waals surface area contributed by atoms with Crippen LogP contribution in [0.25, 0.3) is 11.3 Å². The lowest BCUT2D eigenvalue weighted by atomic mass is 10.1. The fraction of sp³-hybridized carbons (Fsp3) is 0.0588. The Morgan fingerprint density at radius 2 is 1.83 bits per heavy atom. The van der Waals surface area contributed by atoms with Gasteiger partial charge in [-0.05, 0) is 36.4 Å². The van der Waals surface area contributed by atoms with Gasteiger partial charge in [0.1, 0.15) is 11.6 Å². The van der Waals surface area contributed by atoms with Crippen LogP contribution in [0.2, 0.25) is 0 Å². The highest BCUT2D eigenvalue weighted by molar-refractivity contribution is 7.16. The number of benzene rings is 2. The van der Waals surface area contributed by atoms with Crippen LogP contribution in [0.1, 0.15) is 4.88 Å². The Bertz CT molecular complexity index is 879. The molecule has 122 valence electrons. The number of para-hydroxylation sites is 1. The summed E-state index contributed by atoms with van der Waals surface area (Å²) in [5.41, 5.74) is 1.21. The van der Waals surface area contributed by atoms with E-state index in [0.717, 1.165) is 11.3 Å². The number of aromatic nitrogens is 1. The summed E-state index contributed by atoms with van der Waals surface area (Å²) in [6.45, 7) is 0. The summed E-state index contributed by atoms with van der Waals surface area (Å²) in [6.07, 6.45) is -0.330. The van der Waals surface area contributed by atoms with Gasteiger partial charge in [0.05, 0.1) is 11.4 Å². The lowest BCUT2D eigenvalue weighted by molar-refractivity contribution is -0.304.